The maximum atomic E-state index is 11.7. The molecule has 7 heteroatoms. The molecule has 2 aliphatic rings. The molecule has 1 fully saturated rings. The molecule has 3 heterocycles. The molecule has 122 valence electrons. The van der Waals surface area contributed by atoms with Gasteiger partial charge in [0.15, 0.2) is 0 Å². The topological polar surface area (TPSA) is 75.4 Å². The first-order valence-electron chi connectivity index (χ1n) is 7.71. The van der Waals surface area contributed by atoms with Crippen molar-refractivity contribution in [2.24, 2.45) is 5.92 Å². The van der Waals surface area contributed by atoms with Crippen LogP contribution >= 0.6 is 0 Å². The first-order chi connectivity index (χ1) is 11.0. The third-order valence-corrected chi connectivity index (χ3v) is 6.26. The van der Waals surface area contributed by atoms with E-state index in [1.807, 2.05) is 18.3 Å². The molecule has 0 unspecified atom stereocenters. The van der Waals surface area contributed by atoms with Gasteiger partial charge in [-0.1, -0.05) is 24.3 Å². The van der Waals surface area contributed by atoms with E-state index in [0.717, 1.165) is 11.3 Å². The van der Waals surface area contributed by atoms with Crippen LogP contribution in [0.2, 0.25) is 0 Å². The molecule has 23 heavy (non-hydrogen) atoms. The highest BCUT2D eigenvalue weighted by molar-refractivity contribution is 7.88. The van der Waals surface area contributed by atoms with Crippen molar-refractivity contribution < 1.29 is 13.5 Å². The molecule has 0 aliphatic carbocycles. The first-order valence-corrected chi connectivity index (χ1v) is 9.56. The average Bonchev–Trinajstić information content (AvgIpc) is 3.07. The minimum absolute atomic E-state index is 0.0143. The summed E-state index contributed by atoms with van der Waals surface area (Å²) in [5.41, 5.74) is 3.39. The molecule has 0 radical (unpaired) electrons. The smallest absolute Gasteiger partial charge is 0.211 e. The predicted molar refractivity (Wildman–Crippen MR) is 86.3 cm³/mol. The summed E-state index contributed by atoms with van der Waals surface area (Å²) < 4.78 is 26.9. The number of nitrogens with zero attached hydrogens (tertiary/aromatic N) is 3. The average molecular weight is 333 g/mol. The fourth-order valence-corrected chi connectivity index (χ4v) is 4.76. The minimum Gasteiger partial charge on any atom is -0.391 e. The van der Waals surface area contributed by atoms with Gasteiger partial charge in [-0.15, -0.1) is 0 Å². The summed E-state index contributed by atoms with van der Waals surface area (Å²) >= 11 is 0. The molecule has 0 saturated carbocycles. The third-order valence-electron chi connectivity index (χ3n) is 4.99. The van der Waals surface area contributed by atoms with Gasteiger partial charge in [-0.05, 0) is 12.0 Å². The Morgan fingerprint density at radius 1 is 1.30 bits per heavy atom. The molecule has 0 spiro atoms. The second kappa shape index (κ2) is 5.15. The molecule has 3 atom stereocenters. The summed E-state index contributed by atoms with van der Waals surface area (Å²) in [5, 5.41) is 10.6. The van der Waals surface area contributed by atoms with E-state index in [2.05, 4.69) is 21.7 Å². The van der Waals surface area contributed by atoms with Crippen molar-refractivity contribution in [3.63, 3.8) is 0 Å². The molecule has 6 nitrogen and oxygen atoms in total. The highest BCUT2D eigenvalue weighted by Gasteiger charge is 2.41. The van der Waals surface area contributed by atoms with Crippen molar-refractivity contribution >= 4 is 10.0 Å². The van der Waals surface area contributed by atoms with Crippen LogP contribution in [0.4, 0.5) is 0 Å². The van der Waals surface area contributed by atoms with Gasteiger partial charge < -0.3 is 9.67 Å². The van der Waals surface area contributed by atoms with Gasteiger partial charge in [0.1, 0.15) is 0 Å². The van der Waals surface area contributed by atoms with Crippen LogP contribution in [-0.2, 0) is 10.0 Å². The summed E-state index contributed by atoms with van der Waals surface area (Å²) in [4.78, 5) is 4.24. The number of benzene rings is 1. The lowest BCUT2D eigenvalue weighted by molar-refractivity contribution is 0.0345. The predicted octanol–water partition coefficient (Wildman–Crippen LogP) is 1.10. The van der Waals surface area contributed by atoms with Gasteiger partial charge in [0, 0.05) is 24.6 Å². The number of aliphatic hydroxyl groups is 1. The monoisotopic (exact) mass is 333 g/mol. The fourth-order valence-electron chi connectivity index (χ4n) is 3.90. The van der Waals surface area contributed by atoms with E-state index in [1.165, 1.54) is 16.1 Å². The van der Waals surface area contributed by atoms with Crippen LogP contribution in [0.25, 0.3) is 11.3 Å². The Balaban J connectivity index is 1.70. The van der Waals surface area contributed by atoms with E-state index < -0.39 is 16.1 Å². The normalized spacial score (nSPS) is 27.7. The Bertz CT molecular complexity index is 846. The number of rotatable bonds is 2. The lowest BCUT2D eigenvalue weighted by Crippen LogP contribution is -2.48. The SMILES string of the molecule is CS(=O)(=O)N1CC[C@@H]([C@@H]2c3ccccc3-c3cncn32)[C@H](O)C1. The standard InChI is InChI=1S/C16H19N3O3S/c1-23(21,22)18-7-6-13(15(20)9-18)16-12-5-3-2-4-11(12)14-8-17-10-19(14)16/h2-5,8,10,13,15-16,20H,6-7,9H2,1H3/t13-,15-,16+/m1/s1. The van der Waals surface area contributed by atoms with Gasteiger partial charge in [0.2, 0.25) is 10.0 Å². The van der Waals surface area contributed by atoms with Crippen LogP contribution in [-0.4, -0.2) is 52.8 Å². The molecule has 1 saturated heterocycles. The van der Waals surface area contributed by atoms with Crippen molar-refractivity contribution in [3.05, 3.63) is 42.4 Å². The van der Waals surface area contributed by atoms with Crippen molar-refractivity contribution in [2.75, 3.05) is 19.3 Å². The zero-order chi connectivity index (χ0) is 16.2. The molecule has 4 rings (SSSR count). The lowest BCUT2D eigenvalue weighted by Gasteiger charge is -2.38. The number of fused-ring (bicyclic) bond motifs is 3. The fraction of sp³-hybridized carbons (Fsp3) is 0.438. The third kappa shape index (κ3) is 2.31. The van der Waals surface area contributed by atoms with Gasteiger partial charge in [-0.2, -0.15) is 4.31 Å². The van der Waals surface area contributed by atoms with E-state index in [4.69, 9.17) is 0 Å². The van der Waals surface area contributed by atoms with Crippen LogP contribution < -0.4 is 0 Å². The molecule has 1 aromatic carbocycles. The van der Waals surface area contributed by atoms with Gasteiger partial charge in [-0.3, -0.25) is 0 Å². The maximum Gasteiger partial charge on any atom is 0.211 e. The molecule has 0 amide bonds. The zero-order valence-electron chi connectivity index (χ0n) is 12.8. The first kappa shape index (κ1) is 14.9. The van der Waals surface area contributed by atoms with Crippen molar-refractivity contribution in [1.29, 1.82) is 0 Å². The Morgan fingerprint density at radius 2 is 2.09 bits per heavy atom. The quantitative estimate of drug-likeness (QED) is 0.893. The molecule has 0 bridgehead atoms. The molecule has 1 aromatic heterocycles. The molecular weight excluding hydrogens is 314 g/mol. The molecular formula is C16H19N3O3S. The second-order valence-corrected chi connectivity index (χ2v) is 8.34. The van der Waals surface area contributed by atoms with Crippen LogP contribution in [0.15, 0.2) is 36.8 Å². The Hall–Kier alpha value is -1.70. The minimum atomic E-state index is -3.26. The number of hydrogen-bond donors (Lipinski definition) is 1. The van der Waals surface area contributed by atoms with Gasteiger partial charge in [0.25, 0.3) is 0 Å². The molecule has 2 aliphatic heterocycles. The summed E-state index contributed by atoms with van der Waals surface area (Å²) in [6, 6.07) is 8.18. The molecule has 1 N–H and O–H groups in total. The van der Waals surface area contributed by atoms with Crippen molar-refractivity contribution in [2.45, 2.75) is 18.6 Å². The number of piperidine rings is 1. The Kier molecular flexibility index (Phi) is 3.33. The van der Waals surface area contributed by atoms with Crippen molar-refractivity contribution in [3.8, 4) is 11.3 Å². The van der Waals surface area contributed by atoms with Gasteiger partial charge in [0.05, 0.1) is 36.6 Å². The number of aromatic nitrogens is 2. The summed E-state index contributed by atoms with van der Waals surface area (Å²) in [6.07, 6.45) is 4.78. The Labute approximate surface area is 135 Å². The summed E-state index contributed by atoms with van der Waals surface area (Å²) in [6.45, 7) is 0.607. The number of hydrogen-bond acceptors (Lipinski definition) is 4. The number of β-amino-alcohol motifs (C(OH)–C–C–N with tert-alkyl or cyclic N) is 1. The van der Waals surface area contributed by atoms with E-state index in [-0.39, 0.29) is 18.5 Å². The second-order valence-electron chi connectivity index (χ2n) is 6.36. The van der Waals surface area contributed by atoms with E-state index >= 15 is 0 Å². The highest BCUT2D eigenvalue weighted by Crippen LogP contribution is 2.45. The van der Waals surface area contributed by atoms with Crippen LogP contribution in [0, 0.1) is 5.92 Å². The van der Waals surface area contributed by atoms with Crippen LogP contribution in [0.5, 0.6) is 0 Å². The number of imidazole rings is 1. The number of sulfonamides is 1. The largest absolute Gasteiger partial charge is 0.391 e. The molecule has 2 aromatic rings. The Morgan fingerprint density at radius 3 is 2.83 bits per heavy atom. The van der Waals surface area contributed by atoms with Gasteiger partial charge >= 0.3 is 0 Å². The highest BCUT2D eigenvalue weighted by atomic mass is 32.2. The van der Waals surface area contributed by atoms with Gasteiger partial charge in [-0.25, -0.2) is 13.4 Å². The van der Waals surface area contributed by atoms with E-state index in [0.29, 0.717) is 13.0 Å². The van der Waals surface area contributed by atoms with Crippen LogP contribution in [0.1, 0.15) is 18.0 Å². The van der Waals surface area contributed by atoms with E-state index in [9.17, 15) is 13.5 Å². The zero-order valence-corrected chi connectivity index (χ0v) is 13.6. The van der Waals surface area contributed by atoms with Crippen molar-refractivity contribution in [1.82, 2.24) is 13.9 Å². The van der Waals surface area contributed by atoms with E-state index in [1.54, 1.807) is 6.33 Å². The summed E-state index contributed by atoms with van der Waals surface area (Å²) in [5.74, 6) is -0.0235. The van der Waals surface area contributed by atoms with Crippen LogP contribution in [0.3, 0.4) is 0 Å². The lowest BCUT2D eigenvalue weighted by atomic mass is 9.84. The number of aliphatic hydroxyl groups excluding tert-OH is 1. The summed E-state index contributed by atoms with van der Waals surface area (Å²) in [7, 11) is -3.26. The maximum absolute atomic E-state index is 11.7.